The maximum Gasteiger partial charge on any atom is 0.416 e. The topological polar surface area (TPSA) is 24.6 Å². The molecule has 66 valence electrons. The summed E-state index contributed by atoms with van der Waals surface area (Å²) in [6, 6.07) is 10.6. The van der Waals surface area contributed by atoms with Gasteiger partial charge in [0.1, 0.15) is 0 Å². The van der Waals surface area contributed by atoms with Gasteiger partial charge in [0, 0.05) is 16.9 Å². The van der Waals surface area contributed by atoms with Crippen LogP contribution in [0.1, 0.15) is 6.92 Å². The van der Waals surface area contributed by atoms with Crippen LogP contribution in [0.25, 0.3) is 0 Å². The van der Waals surface area contributed by atoms with Gasteiger partial charge in [-0.25, -0.2) is 4.84 Å². The average Bonchev–Trinajstić information content (AvgIpc) is 2.72. The van der Waals surface area contributed by atoms with Crippen molar-refractivity contribution in [3.05, 3.63) is 42.3 Å². The van der Waals surface area contributed by atoms with E-state index in [0.29, 0.717) is 10.8 Å². The van der Waals surface area contributed by atoms with Crippen molar-refractivity contribution >= 4 is 5.69 Å². The van der Waals surface area contributed by atoms with Gasteiger partial charge in [-0.1, -0.05) is 18.2 Å². The van der Waals surface area contributed by atoms with Gasteiger partial charge in [0.05, 0.1) is 12.1 Å². The number of quaternary nitrogens is 1. The van der Waals surface area contributed by atoms with E-state index in [2.05, 4.69) is 30.6 Å². The van der Waals surface area contributed by atoms with Gasteiger partial charge in [-0.15, -0.1) is 5.43 Å². The maximum absolute atomic E-state index is 5.48. The molecule has 2 aliphatic rings. The van der Waals surface area contributed by atoms with E-state index in [1.807, 2.05) is 18.2 Å². The number of nitrogens with zero attached hydrogens (tertiary/aromatic N) is 1. The van der Waals surface area contributed by atoms with Gasteiger partial charge in [0.25, 0.3) is 0 Å². The van der Waals surface area contributed by atoms with E-state index in [-0.39, 0.29) is 0 Å². The number of para-hydroxylation sites is 1. The van der Waals surface area contributed by atoms with Crippen LogP contribution in [0.4, 0.5) is 5.69 Å². The molecule has 0 aliphatic carbocycles. The number of nitrogens with one attached hydrogen (secondary N) is 1. The van der Waals surface area contributed by atoms with Gasteiger partial charge in [0.15, 0.2) is 0 Å². The number of benzene rings is 1. The quantitative estimate of drug-likeness (QED) is 0.519. The number of rotatable bonds is 1. The Kier molecular flexibility index (Phi) is 1.17. The Hall–Kier alpha value is -1.32. The van der Waals surface area contributed by atoms with Crippen LogP contribution in [0.3, 0.4) is 0 Å². The van der Waals surface area contributed by atoms with Crippen LogP contribution in [0.2, 0.25) is 0 Å². The Morgan fingerprint density at radius 3 is 2.69 bits per heavy atom. The summed E-state index contributed by atoms with van der Waals surface area (Å²) in [7, 11) is 0. The van der Waals surface area contributed by atoms with Crippen LogP contribution in [0, 0.1) is 0 Å². The van der Waals surface area contributed by atoms with Crippen LogP contribution in [0.15, 0.2) is 42.3 Å². The molecule has 1 aromatic carbocycles. The van der Waals surface area contributed by atoms with E-state index in [1.54, 1.807) is 0 Å². The highest BCUT2D eigenvalue weighted by Gasteiger charge is 2.64. The first-order valence-corrected chi connectivity index (χ1v) is 4.46. The van der Waals surface area contributed by atoms with Gasteiger partial charge in [-0.2, -0.15) is 0 Å². The minimum Gasteiger partial charge on any atom is -0.215 e. The second-order valence-electron chi connectivity index (χ2n) is 3.46. The van der Waals surface area contributed by atoms with Gasteiger partial charge >= 0.3 is 5.88 Å². The van der Waals surface area contributed by atoms with E-state index in [0.717, 1.165) is 11.6 Å². The van der Waals surface area contributed by atoms with Crippen LogP contribution in [0.5, 0.6) is 0 Å². The summed E-state index contributed by atoms with van der Waals surface area (Å²) in [6.45, 7) is 2.12. The molecule has 13 heavy (non-hydrogen) atoms. The molecular weight excluding hydrogens is 164 g/mol. The average molecular weight is 175 g/mol. The van der Waals surface area contributed by atoms with Gasteiger partial charge < -0.3 is 0 Å². The highest BCUT2D eigenvalue weighted by molar-refractivity contribution is 5.49. The monoisotopic (exact) mass is 175 g/mol. The lowest BCUT2D eigenvalue weighted by Gasteiger charge is -2.08. The summed E-state index contributed by atoms with van der Waals surface area (Å²) < 4.78 is 0.405. The van der Waals surface area contributed by atoms with Gasteiger partial charge in [0.2, 0.25) is 5.69 Å². The van der Waals surface area contributed by atoms with Crippen molar-refractivity contribution < 1.29 is 4.84 Å². The molecule has 0 spiro atoms. The molecule has 0 aromatic heterocycles. The van der Waals surface area contributed by atoms with Crippen molar-refractivity contribution in [3.63, 3.8) is 0 Å². The number of hydrogen-bond donors (Lipinski definition) is 1. The van der Waals surface area contributed by atoms with Crippen LogP contribution in [-0.2, 0) is 4.84 Å². The molecular formula is C10H11N2O+. The van der Waals surface area contributed by atoms with E-state index in [4.69, 9.17) is 4.84 Å². The SMILES string of the molecule is CC1C=C2O[N+]2(c2ccccc2)N1. The number of hydroxylamine groups is 1. The van der Waals surface area contributed by atoms with E-state index in [9.17, 15) is 0 Å². The van der Waals surface area contributed by atoms with Crippen molar-refractivity contribution in [2.45, 2.75) is 13.0 Å². The molecule has 0 radical (unpaired) electrons. The summed E-state index contributed by atoms with van der Waals surface area (Å²) in [6.07, 6.45) is 2.10. The number of hydrogen-bond acceptors (Lipinski definition) is 2. The van der Waals surface area contributed by atoms with Crippen molar-refractivity contribution in [1.82, 2.24) is 10.2 Å². The third-order valence-electron chi connectivity index (χ3n) is 2.41. The summed E-state index contributed by atoms with van der Waals surface area (Å²) in [5, 5.41) is 0. The summed E-state index contributed by atoms with van der Waals surface area (Å²) in [5.41, 5.74) is 4.48. The van der Waals surface area contributed by atoms with Crippen molar-refractivity contribution in [2.75, 3.05) is 0 Å². The fourth-order valence-electron chi connectivity index (χ4n) is 1.78. The first-order chi connectivity index (χ1) is 6.31. The van der Waals surface area contributed by atoms with E-state index < -0.39 is 0 Å². The van der Waals surface area contributed by atoms with Crippen LogP contribution < -0.4 is 10.2 Å². The molecule has 1 fully saturated rings. The third-order valence-corrected chi connectivity index (χ3v) is 2.41. The van der Waals surface area contributed by atoms with Crippen molar-refractivity contribution in [1.29, 1.82) is 0 Å². The first-order valence-electron chi connectivity index (χ1n) is 4.46. The Morgan fingerprint density at radius 2 is 2.08 bits per heavy atom. The smallest absolute Gasteiger partial charge is 0.215 e. The third kappa shape index (κ3) is 0.855. The second-order valence-corrected chi connectivity index (χ2v) is 3.46. The highest BCUT2D eigenvalue weighted by atomic mass is 16.9. The molecule has 1 N–H and O–H groups in total. The van der Waals surface area contributed by atoms with E-state index in [1.165, 1.54) is 0 Å². The largest absolute Gasteiger partial charge is 0.416 e. The standard InChI is InChI=1S/C10H11N2O/c1-8-7-10-12(11-8,13-10)9-5-3-2-4-6-9/h2-8,11H,1H3/q+1. The Bertz CT molecular complexity index is 374. The molecule has 1 aromatic rings. The molecule has 2 aliphatic heterocycles. The fourth-order valence-corrected chi connectivity index (χ4v) is 1.78. The Labute approximate surface area is 76.7 Å². The van der Waals surface area contributed by atoms with Gasteiger partial charge in [-0.05, 0) is 6.92 Å². The lowest BCUT2D eigenvalue weighted by molar-refractivity contribution is 0.132. The maximum atomic E-state index is 5.48. The van der Waals surface area contributed by atoms with Crippen molar-refractivity contribution in [2.24, 2.45) is 0 Å². The zero-order chi connectivity index (χ0) is 8.89. The van der Waals surface area contributed by atoms with Crippen LogP contribution in [-0.4, -0.2) is 6.04 Å². The minimum atomic E-state index is 0.393. The molecule has 0 saturated carbocycles. The fraction of sp³-hybridized carbons (Fsp3) is 0.200. The number of fused-ring (bicyclic) bond motifs is 1. The van der Waals surface area contributed by atoms with Crippen molar-refractivity contribution in [3.8, 4) is 0 Å². The molecule has 1 saturated heterocycles. The van der Waals surface area contributed by atoms with E-state index >= 15 is 0 Å². The van der Waals surface area contributed by atoms with Crippen LogP contribution >= 0.6 is 0 Å². The predicted molar refractivity (Wildman–Crippen MR) is 50.0 cm³/mol. The summed E-state index contributed by atoms with van der Waals surface area (Å²) >= 11 is 0. The molecule has 3 heteroatoms. The highest BCUT2D eigenvalue weighted by Crippen LogP contribution is 2.44. The predicted octanol–water partition coefficient (Wildman–Crippen LogP) is 1.69. The van der Waals surface area contributed by atoms with Gasteiger partial charge in [-0.3, -0.25) is 0 Å². The zero-order valence-electron chi connectivity index (χ0n) is 7.40. The molecule has 2 atom stereocenters. The molecule has 3 rings (SSSR count). The lowest BCUT2D eigenvalue weighted by Crippen LogP contribution is -2.41. The Balaban J connectivity index is 2.02. The molecule has 2 heterocycles. The zero-order valence-corrected chi connectivity index (χ0v) is 7.40. The molecule has 0 amide bonds. The molecule has 2 unspecified atom stereocenters. The lowest BCUT2D eigenvalue weighted by atomic mass is 10.3. The molecule has 0 bridgehead atoms. The summed E-state index contributed by atoms with van der Waals surface area (Å²) in [4.78, 5) is 5.48. The minimum absolute atomic E-state index is 0.393. The summed E-state index contributed by atoms with van der Waals surface area (Å²) in [5.74, 6) is 1.01. The normalized spacial score (nSPS) is 34.8. The first kappa shape index (κ1) is 7.12. The second kappa shape index (κ2) is 2.13. The molecule has 3 nitrogen and oxygen atoms in total. The Morgan fingerprint density at radius 1 is 1.31 bits per heavy atom.